The van der Waals surface area contributed by atoms with Crippen molar-refractivity contribution in [2.45, 2.75) is 44.4 Å². The van der Waals surface area contributed by atoms with E-state index in [-0.39, 0.29) is 11.4 Å². The predicted molar refractivity (Wildman–Crippen MR) is 94.0 cm³/mol. The molecule has 2 atom stereocenters. The third-order valence-corrected chi connectivity index (χ3v) is 6.67. The van der Waals surface area contributed by atoms with Crippen molar-refractivity contribution in [3.05, 3.63) is 50.7 Å². The van der Waals surface area contributed by atoms with E-state index in [0.717, 1.165) is 36.8 Å². The summed E-state index contributed by atoms with van der Waals surface area (Å²) in [5, 5.41) is 0. The highest BCUT2D eigenvalue weighted by Gasteiger charge is 2.44. The molecular weight excluding hydrogens is 347 g/mol. The number of thiophene rings is 1. The van der Waals surface area contributed by atoms with Crippen molar-refractivity contribution in [3.63, 3.8) is 0 Å². The van der Waals surface area contributed by atoms with Gasteiger partial charge in [0.1, 0.15) is 11.4 Å². The largest absolute Gasteiger partial charge is 0.369 e. The number of hydrogen-bond donors (Lipinski definition) is 0. The molecule has 128 valence electrons. The van der Waals surface area contributed by atoms with E-state index in [9.17, 15) is 4.39 Å². The van der Waals surface area contributed by atoms with E-state index in [1.165, 1.54) is 16.5 Å². The fraction of sp³-hybridized carbons (Fsp3) is 0.500. The van der Waals surface area contributed by atoms with Gasteiger partial charge in [0, 0.05) is 30.2 Å². The Kier molecular flexibility index (Phi) is 4.37. The fourth-order valence-electron chi connectivity index (χ4n) is 3.94. The van der Waals surface area contributed by atoms with Gasteiger partial charge in [-0.3, -0.25) is 9.88 Å². The van der Waals surface area contributed by atoms with Gasteiger partial charge < -0.3 is 4.74 Å². The third kappa shape index (κ3) is 2.88. The van der Waals surface area contributed by atoms with Gasteiger partial charge in [0.05, 0.1) is 16.6 Å². The topological polar surface area (TPSA) is 25.4 Å². The van der Waals surface area contributed by atoms with Crippen LogP contribution in [0.5, 0.6) is 0 Å². The van der Waals surface area contributed by atoms with Gasteiger partial charge in [-0.1, -0.05) is 11.6 Å². The molecule has 0 unspecified atom stereocenters. The molecule has 4 heterocycles. The molecule has 1 saturated heterocycles. The molecule has 2 aromatic heterocycles. The number of rotatable bonds is 2. The second kappa shape index (κ2) is 6.37. The first-order chi connectivity index (χ1) is 11.6. The molecule has 2 aromatic rings. The molecule has 1 fully saturated rings. The third-order valence-electron chi connectivity index (χ3n) is 5.18. The number of likely N-dealkylation sites (tertiary alicyclic amines) is 1. The van der Waals surface area contributed by atoms with Gasteiger partial charge in [0.25, 0.3) is 0 Å². The van der Waals surface area contributed by atoms with Crippen molar-refractivity contribution >= 4 is 22.9 Å². The molecule has 0 aromatic carbocycles. The maximum Gasteiger partial charge on any atom is 0.146 e. The van der Waals surface area contributed by atoms with E-state index in [1.807, 2.05) is 0 Å². The normalized spacial score (nSPS) is 27.4. The van der Waals surface area contributed by atoms with Gasteiger partial charge >= 0.3 is 0 Å². The van der Waals surface area contributed by atoms with E-state index >= 15 is 0 Å². The van der Waals surface area contributed by atoms with Crippen molar-refractivity contribution in [2.75, 3.05) is 13.2 Å². The molecule has 0 radical (unpaired) electrons. The van der Waals surface area contributed by atoms with Gasteiger partial charge in [0.15, 0.2) is 0 Å². The molecule has 24 heavy (non-hydrogen) atoms. The Hall–Kier alpha value is -1.01. The molecule has 6 heteroatoms. The van der Waals surface area contributed by atoms with E-state index in [1.54, 1.807) is 23.6 Å². The second-order valence-corrected chi connectivity index (χ2v) is 8.39. The van der Waals surface area contributed by atoms with Crippen LogP contribution in [0, 0.1) is 5.82 Å². The zero-order valence-electron chi connectivity index (χ0n) is 13.6. The maximum absolute atomic E-state index is 13.9. The molecule has 3 nitrogen and oxygen atoms in total. The van der Waals surface area contributed by atoms with Crippen molar-refractivity contribution in [2.24, 2.45) is 0 Å². The monoisotopic (exact) mass is 366 g/mol. The molecule has 2 aliphatic rings. The minimum atomic E-state index is -0.230. The predicted octanol–water partition coefficient (Wildman–Crippen LogP) is 4.39. The molecule has 0 bridgehead atoms. The van der Waals surface area contributed by atoms with Gasteiger partial charge in [0.2, 0.25) is 0 Å². The first kappa shape index (κ1) is 16.5. The number of ether oxygens (including phenoxy) is 1. The lowest BCUT2D eigenvalue weighted by molar-refractivity contribution is -0.110. The van der Waals surface area contributed by atoms with Gasteiger partial charge in [-0.25, -0.2) is 4.39 Å². The number of nitrogens with zero attached hydrogens (tertiary/aromatic N) is 2. The maximum atomic E-state index is 13.9. The van der Waals surface area contributed by atoms with Crippen LogP contribution in [0.1, 0.15) is 35.9 Å². The number of pyridine rings is 1. The summed E-state index contributed by atoms with van der Waals surface area (Å²) in [5.74, 6) is -0.230. The summed E-state index contributed by atoms with van der Waals surface area (Å²) >= 11 is 7.90. The molecular formula is C18H20ClFN2OS. The summed E-state index contributed by atoms with van der Waals surface area (Å²) in [6, 6.07) is 5.49. The minimum Gasteiger partial charge on any atom is -0.369 e. The van der Waals surface area contributed by atoms with Crippen LogP contribution in [-0.4, -0.2) is 29.1 Å². The Balaban J connectivity index is 1.54. The molecule has 4 rings (SSSR count). The minimum absolute atomic E-state index is 0.218. The Bertz CT molecular complexity index is 752. The van der Waals surface area contributed by atoms with Gasteiger partial charge in [-0.2, -0.15) is 0 Å². The standard InChI is InChI=1S/C18H20ClFN2OS/c1-12-10-18(17-13(4-8-23-18)9-16(19)24-17)5-7-22(12)11-15-14(20)3-2-6-21-15/h2-3,6,9,12H,4-5,7-8,10-11H2,1H3/t12-,18+/m0/s1. The summed E-state index contributed by atoms with van der Waals surface area (Å²) in [6.07, 6.45) is 4.41. The smallest absolute Gasteiger partial charge is 0.146 e. The van der Waals surface area contributed by atoms with E-state index < -0.39 is 0 Å². The second-order valence-electron chi connectivity index (χ2n) is 6.70. The Morgan fingerprint density at radius 1 is 1.54 bits per heavy atom. The van der Waals surface area contributed by atoms with Crippen LogP contribution in [0.4, 0.5) is 4.39 Å². The van der Waals surface area contributed by atoms with Crippen LogP contribution >= 0.6 is 22.9 Å². The number of piperidine rings is 1. The summed E-state index contributed by atoms with van der Waals surface area (Å²) < 4.78 is 21.0. The average molecular weight is 367 g/mol. The Morgan fingerprint density at radius 3 is 3.21 bits per heavy atom. The van der Waals surface area contributed by atoms with Crippen molar-refractivity contribution < 1.29 is 9.13 Å². The zero-order valence-corrected chi connectivity index (χ0v) is 15.2. The highest BCUT2D eigenvalue weighted by Crippen LogP contribution is 2.48. The highest BCUT2D eigenvalue weighted by atomic mass is 35.5. The fourth-order valence-corrected chi connectivity index (χ4v) is 5.42. The number of aromatic nitrogens is 1. The Labute approximate surface area is 150 Å². The van der Waals surface area contributed by atoms with Crippen LogP contribution in [0.3, 0.4) is 0 Å². The molecule has 0 N–H and O–H groups in total. The van der Waals surface area contributed by atoms with Crippen LogP contribution in [0.15, 0.2) is 24.4 Å². The molecule has 1 spiro atoms. The molecule has 0 aliphatic carbocycles. The average Bonchev–Trinajstić information content (AvgIpc) is 2.94. The summed E-state index contributed by atoms with van der Waals surface area (Å²) in [4.78, 5) is 7.78. The summed E-state index contributed by atoms with van der Waals surface area (Å²) in [6.45, 7) is 4.35. The van der Waals surface area contributed by atoms with Gasteiger partial charge in [-0.05, 0) is 49.9 Å². The zero-order chi connectivity index (χ0) is 16.7. The number of halogens is 2. The van der Waals surface area contributed by atoms with Crippen molar-refractivity contribution in [1.29, 1.82) is 0 Å². The first-order valence-electron chi connectivity index (χ1n) is 8.33. The quantitative estimate of drug-likeness (QED) is 0.788. The molecule has 2 aliphatic heterocycles. The summed E-state index contributed by atoms with van der Waals surface area (Å²) in [7, 11) is 0. The molecule has 0 amide bonds. The lowest BCUT2D eigenvalue weighted by Gasteiger charge is -2.47. The first-order valence-corrected chi connectivity index (χ1v) is 9.53. The van der Waals surface area contributed by atoms with Crippen LogP contribution in [0.2, 0.25) is 4.34 Å². The van der Waals surface area contributed by atoms with E-state index in [2.05, 4.69) is 22.9 Å². The van der Waals surface area contributed by atoms with Crippen molar-refractivity contribution in [1.82, 2.24) is 9.88 Å². The number of fused-ring (bicyclic) bond motifs is 2. The Morgan fingerprint density at radius 2 is 2.42 bits per heavy atom. The highest BCUT2D eigenvalue weighted by molar-refractivity contribution is 7.16. The molecule has 0 saturated carbocycles. The van der Waals surface area contributed by atoms with Crippen LogP contribution < -0.4 is 0 Å². The van der Waals surface area contributed by atoms with Gasteiger partial charge in [-0.15, -0.1) is 11.3 Å². The van der Waals surface area contributed by atoms with E-state index in [4.69, 9.17) is 16.3 Å². The summed E-state index contributed by atoms with van der Waals surface area (Å²) in [5.41, 5.74) is 1.64. The lowest BCUT2D eigenvalue weighted by atomic mass is 9.82. The van der Waals surface area contributed by atoms with E-state index in [0.29, 0.717) is 18.3 Å². The van der Waals surface area contributed by atoms with Crippen LogP contribution in [-0.2, 0) is 23.3 Å². The SMILES string of the molecule is C[C@H]1C[C@@]2(CCN1Cc1ncccc1F)OCCc1cc(Cl)sc12. The van der Waals surface area contributed by atoms with Crippen LogP contribution in [0.25, 0.3) is 0 Å². The number of hydrogen-bond acceptors (Lipinski definition) is 4. The lowest BCUT2D eigenvalue weighted by Crippen LogP contribution is -2.50. The van der Waals surface area contributed by atoms with Crippen molar-refractivity contribution in [3.8, 4) is 0 Å².